The second-order valence-electron chi connectivity index (χ2n) is 4.11. The average molecular weight is 288 g/mol. The Kier molecular flexibility index (Phi) is 3.92. The molecule has 0 spiro atoms. The number of aryl methyl sites for hydroxylation is 1. The Bertz CT molecular complexity index is 720. The third-order valence-electron chi connectivity index (χ3n) is 2.73. The number of carbonyl (C=O) groups is 1. The maximum Gasteiger partial charge on any atom is 0.335 e. The number of hydrogen-bond donors (Lipinski definition) is 1. The standard InChI is InChI=1S/C15H10ClNO3/c1-9-7-10(15(18)19)5-6-13(9)20-14-4-2-3-12(16)11(14)8-17/h2-7H,1H3,(H,18,19). The fourth-order valence-corrected chi connectivity index (χ4v) is 1.92. The van der Waals surface area contributed by atoms with Crippen LogP contribution in [0.15, 0.2) is 36.4 Å². The van der Waals surface area contributed by atoms with Crippen molar-refractivity contribution in [3.8, 4) is 17.6 Å². The Morgan fingerprint density at radius 3 is 2.65 bits per heavy atom. The summed E-state index contributed by atoms with van der Waals surface area (Å²) in [5.41, 5.74) is 1.09. The van der Waals surface area contributed by atoms with Crippen LogP contribution in [0.2, 0.25) is 5.02 Å². The van der Waals surface area contributed by atoms with Crippen molar-refractivity contribution in [2.75, 3.05) is 0 Å². The molecule has 0 amide bonds. The molecule has 0 unspecified atom stereocenters. The largest absolute Gasteiger partial charge is 0.478 e. The molecule has 5 heteroatoms. The number of ether oxygens (including phenoxy) is 1. The van der Waals surface area contributed by atoms with Gasteiger partial charge in [-0.3, -0.25) is 0 Å². The zero-order valence-corrected chi connectivity index (χ0v) is 11.3. The van der Waals surface area contributed by atoms with Crippen LogP contribution in [0.3, 0.4) is 0 Å². The molecule has 2 aromatic carbocycles. The van der Waals surface area contributed by atoms with Crippen molar-refractivity contribution < 1.29 is 14.6 Å². The van der Waals surface area contributed by atoms with Gasteiger partial charge in [0.1, 0.15) is 23.1 Å². The van der Waals surface area contributed by atoms with Crippen LogP contribution in [0.1, 0.15) is 21.5 Å². The number of halogens is 1. The van der Waals surface area contributed by atoms with Gasteiger partial charge >= 0.3 is 5.97 Å². The summed E-state index contributed by atoms with van der Waals surface area (Å²) >= 11 is 5.92. The number of nitrogens with zero attached hydrogens (tertiary/aromatic N) is 1. The number of aromatic carboxylic acids is 1. The van der Waals surface area contributed by atoms with Crippen LogP contribution in [0.4, 0.5) is 0 Å². The van der Waals surface area contributed by atoms with Crippen LogP contribution >= 0.6 is 11.6 Å². The highest BCUT2D eigenvalue weighted by Gasteiger charge is 2.11. The quantitative estimate of drug-likeness (QED) is 0.926. The molecule has 0 aliphatic heterocycles. The van der Waals surface area contributed by atoms with Crippen molar-refractivity contribution in [2.45, 2.75) is 6.92 Å². The molecule has 100 valence electrons. The Morgan fingerprint density at radius 2 is 2.05 bits per heavy atom. The van der Waals surface area contributed by atoms with E-state index in [1.54, 1.807) is 31.2 Å². The predicted octanol–water partition coefficient (Wildman–Crippen LogP) is 4.01. The first-order valence-corrected chi connectivity index (χ1v) is 6.11. The molecule has 0 radical (unpaired) electrons. The Balaban J connectivity index is 2.39. The monoisotopic (exact) mass is 287 g/mol. The summed E-state index contributed by atoms with van der Waals surface area (Å²) in [5.74, 6) is -0.180. The number of hydrogen-bond acceptors (Lipinski definition) is 3. The lowest BCUT2D eigenvalue weighted by atomic mass is 10.1. The number of nitriles is 1. The molecule has 0 aliphatic rings. The highest BCUT2D eigenvalue weighted by molar-refractivity contribution is 6.31. The van der Waals surface area contributed by atoms with Crippen LogP contribution < -0.4 is 4.74 Å². The molecule has 0 fully saturated rings. The molecule has 0 heterocycles. The minimum Gasteiger partial charge on any atom is -0.478 e. The molecule has 0 bridgehead atoms. The van der Waals surface area contributed by atoms with Gasteiger partial charge in [-0.25, -0.2) is 4.79 Å². The van der Waals surface area contributed by atoms with E-state index in [0.29, 0.717) is 22.1 Å². The van der Waals surface area contributed by atoms with Crippen LogP contribution in [0, 0.1) is 18.3 Å². The van der Waals surface area contributed by atoms with E-state index in [-0.39, 0.29) is 11.1 Å². The van der Waals surface area contributed by atoms with Gasteiger partial charge in [0.25, 0.3) is 0 Å². The van der Waals surface area contributed by atoms with Gasteiger partial charge in [0.2, 0.25) is 0 Å². The second-order valence-corrected chi connectivity index (χ2v) is 4.52. The molecule has 0 atom stereocenters. The van der Waals surface area contributed by atoms with E-state index in [2.05, 4.69) is 0 Å². The van der Waals surface area contributed by atoms with Crippen molar-refractivity contribution >= 4 is 17.6 Å². The summed E-state index contributed by atoms with van der Waals surface area (Å²) in [6.45, 7) is 1.73. The highest BCUT2D eigenvalue weighted by atomic mass is 35.5. The third-order valence-corrected chi connectivity index (χ3v) is 3.04. The van der Waals surface area contributed by atoms with Crippen molar-refractivity contribution in [1.82, 2.24) is 0 Å². The number of carboxylic acid groups (broad SMARTS) is 1. The molecule has 2 rings (SSSR count). The summed E-state index contributed by atoms with van der Waals surface area (Å²) in [7, 11) is 0. The molecular weight excluding hydrogens is 278 g/mol. The van der Waals surface area contributed by atoms with E-state index in [9.17, 15) is 4.79 Å². The topological polar surface area (TPSA) is 70.3 Å². The zero-order chi connectivity index (χ0) is 14.7. The van der Waals surface area contributed by atoms with E-state index < -0.39 is 5.97 Å². The molecule has 4 nitrogen and oxygen atoms in total. The van der Waals surface area contributed by atoms with E-state index in [1.165, 1.54) is 12.1 Å². The normalized spacial score (nSPS) is 9.85. The lowest BCUT2D eigenvalue weighted by Gasteiger charge is -2.11. The van der Waals surface area contributed by atoms with E-state index in [4.69, 9.17) is 26.7 Å². The van der Waals surface area contributed by atoms with Gasteiger partial charge in [-0.15, -0.1) is 0 Å². The minimum absolute atomic E-state index is 0.182. The van der Waals surface area contributed by atoms with Gasteiger partial charge in [0.05, 0.1) is 10.6 Å². The zero-order valence-electron chi connectivity index (χ0n) is 10.6. The molecule has 0 saturated carbocycles. The smallest absolute Gasteiger partial charge is 0.335 e. The molecule has 20 heavy (non-hydrogen) atoms. The molecular formula is C15H10ClNO3. The molecule has 0 saturated heterocycles. The SMILES string of the molecule is Cc1cc(C(=O)O)ccc1Oc1cccc(Cl)c1C#N. The Morgan fingerprint density at radius 1 is 1.30 bits per heavy atom. The van der Waals surface area contributed by atoms with Crippen LogP contribution in [0.25, 0.3) is 0 Å². The van der Waals surface area contributed by atoms with Crippen molar-refractivity contribution in [3.05, 3.63) is 58.1 Å². The van der Waals surface area contributed by atoms with Crippen molar-refractivity contribution in [1.29, 1.82) is 5.26 Å². The van der Waals surface area contributed by atoms with Gasteiger partial charge in [0.15, 0.2) is 0 Å². The van der Waals surface area contributed by atoms with Gasteiger partial charge in [-0.2, -0.15) is 5.26 Å². The van der Waals surface area contributed by atoms with Gasteiger partial charge < -0.3 is 9.84 Å². The summed E-state index contributed by atoms with van der Waals surface area (Å²) in [6, 6.07) is 11.4. The van der Waals surface area contributed by atoms with Crippen LogP contribution in [-0.2, 0) is 0 Å². The van der Waals surface area contributed by atoms with Gasteiger partial charge in [-0.1, -0.05) is 17.7 Å². The summed E-state index contributed by atoms with van der Waals surface area (Å²) in [5, 5.41) is 18.3. The van der Waals surface area contributed by atoms with Gasteiger partial charge in [-0.05, 0) is 42.8 Å². The average Bonchev–Trinajstić information content (AvgIpc) is 2.41. The van der Waals surface area contributed by atoms with Crippen LogP contribution in [0.5, 0.6) is 11.5 Å². The lowest BCUT2D eigenvalue weighted by Crippen LogP contribution is -1.98. The fraction of sp³-hybridized carbons (Fsp3) is 0.0667. The number of carboxylic acids is 1. The molecule has 1 N–H and O–H groups in total. The molecule has 2 aromatic rings. The maximum atomic E-state index is 10.9. The first-order chi connectivity index (χ1) is 9.52. The second kappa shape index (κ2) is 5.64. The first-order valence-electron chi connectivity index (χ1n) is 5.73. The predicted molar refractivity (Wildman–Crippen MR) is 74.4 cm³/mol. The Labute approximate surface area is 120 Å². The Hall–Kier alpha value is -2.51. The van der Waals surface area contributed by atoms with Crippen molar-refractivity contribution in [2.24, 2.45) is 0 Å². The minimum atomic E-state index is -1.000. The van der Waals surface area contributed by atoms with E-state index in [1.807, 2.05) is 6.07 Å². The summed E-state index contributed by atoms with van der Waals surface area (Å²) in [6.07, 6.45) is 0. The van der Waals surface area contributed by atoms with Crippen LogP contribution in [-0.4, -0.2) is 11.1 Å². The molecule has 0 aliphatic carbocycles. The van der Waals surface area contributed by atoms with E-state index in [0.717, 1.165) is 0 Å². The van der Waals surface area contributed by atoms with Crippen molar-refractivity contribution in [3.63, 3.8) is 0 Å². The first kappa shape index (κ1) is 13.9. The third kappa shape index (κ3) is 2.73. The number of benzene rings is 2. The maximum absolute atomic E-state index is 10.9. The fourth-order valence-electron chi connectivity index (χ4n) is 1.71. The van der Waals surface area contributed by atoms with Gasteiger partial charge in [0, 0.05) is 0 Å². The summed E-state index contributed by atoms with van der Waals surface area (Å²) < 4.78 is 5.65. The number of rotatable bonds is 3. The highest BCUT2D eigenvalue weighted by Crippen LogP contribution is 2.31. The molecule has 0 aromatic heterocycles. The summed E-state index contributed by atoms with van der Waals surface area (Å²) in [4.78, 5) is 10.9. The van der Waals surface area contributed by atoms with E-state index >= 15 is 0 Å². The lowest BCUT2D eigenvalue weighted by molar-refractivity contribution is 0.0697.